The summed E-state index contributed by atoms with van der Waals surface area (Å²) in [7, 11) is 4.89. The summed E-state index contributed by atoms with van der Waals surface area (Å²) in [4.78, 5) is 0. The van der Waals surface area contributed by atoms with Gasteiger partial charge in [0.15, 0.2) is 0 Å². The summed E-state index contributed by atoms with van der Waals surface area (Å²) in [6, 6.07) is 5.64. The molecule has 0 saturated carbocycles. The molecular formula is C12H16O3. The topological polar surface area (TPSA) is 27.7 Å². The van der Waals surface area contributed by atoms with Crippen LogP contribution in [0.4, 0.5) is 0 Å². The van der Waals surface area contributed by atoms with Crippen molar-refractivity contribution in [1.29, 1.82) is 0 Å². The van der Waals surface area contributed by atoms with Gasteiger partial charge >= 0.3 is 0 Å². The van der Waals surface area contributed by atoms with Gasteiger partial charge in [-0.15, -0.1) is 0 Å². The summed E-state index contributed by atoms with van der Waals surface area (Å²) in [6.07, 6.45) is 0. The lowest BCUT2D eigenvalue weighted by molar-refractivity contribution is 0.240. The summed E-state index contributed by atoms with van der Waals surface area (Å²) >= 11 is 0. The van der Waals surface area contributed by atoms with Gasteiger partial charge in [-0.1, -0.05) is 6.58 Å². The standard InChI is InChI=1S/C12H16O3/c1-9(8-13-2)10-5-11(14-3)7-12(6-10)15-4/h5-7H,1,8H2,2-4H3. The Kier molecular flexibility index (Phi) is 4.18. The summed E-state index contributed by atoms with van der Waals surface area (Å²) in [5.41, 5.74) is 1.86. The van der Waals surface area contributed by atoms with Crippen molar-refractivity contribution in [3.05, 3.63) is 30.3 Å². The molecule has 15 heavy (non-hydrogen) atoms. The first kappa shape index (κ1) is 11.6. The average Bonchev–Trinajstić information content (AvgIpc) is 2.28. The number of methoxy groups -OCH3 is 3. The number of hydrogen-bond donors (Lipinski definition) is 0. The molecular weight excluding hydrogens is 192 g/mol. The van der Waals surface area contributed by atoms with Crippen LogP contribution in [0.2, 0.25) is 0 Å². The van der Waals surface area contributed by atoms with Crippen LogP contribution in [0.1, 0.15) is 5.56 Å². The van der Waals surface area contributed by atoms with Crippen molar-refractivity contribution in [3.8, 4) is 11.5 Å². The number of benzene rings is 1. The van der Waals surface area contributed by atoms with E-state index in [9.17, 15) is 0 Å². The molecule has 0 aliphatic rings. The Bertz CT molecular complexity index is 322. The predicted molar refractivity (Wildman–Crippen MR) is 60.5 cm³/mol. The summed E-state index contributed by atoms with van der Waals surface area (Å²) in [5, 5.41) is 0. The zero-order valence-corrected chi connectivity index (χ0v) is 9.37. The van der Waals surface area contributed by atoms with Gasteiger partial charge in [-0.2, -0.15) is 0 Å². The summed E-state index contributed by atoms with van der Waals surface area (Å²) in [5.74, 6) is 1.50. The lowest BCUT2D eigenvalue weighted by Gasteiger charge is -2.09. The largest absolute Gasteiger partial charge is 0.497 e. The quantitative estimate of drug-likeness (QED) is 0.743. The first-order valence-electron chi connectivity index (χ1n) is 4.61. The molecule has 0 aliphatic heterocycles. The van der Waals surface area contributed by atoms with Crippen LogP contribution in [-0.4, -0.2) is 27.9 Å². The smallest absolute Gasteiger partial charge is 0.123 e. The minimum Gasteiger partial charge on any atom is -0.497 e. The molecule has 0 saturated heterocycles. The monoisotopic (exact) mass is 208 g/mol. The van der Waals surface area contributed by atoms with E-state index in [0.29, 0.717) is 6.61 Å². The lowest BCUT2D eigenvalue weighted by atomic mass is 10.1. The molecule has 0 unspecified atom stereocenters. The van der Waals surface area contributed by atoms with E-state index >= 15 is 0 Å². The van der Waals surface area contributed by atoms with Crippen LogP contribution >= 0.6 is 0 Å². The maximum atomic E-state index is 5.16. The van der Waals surface area contributed by atoms with E-state index in [4.69, 9.17) is 14.2 Å². The van der Waals surface area contributed by atoms with Gasteiger partial charge in [0.1, 0.15) is 11.5 Å². The van der Waals surface area contributed by atoms with E-state index in [2.05, 4.69) is 6.58 Å². The van der Waals surface area contributed by atoms with Gasteiger partial charge in [0, 0.05) is 13.2 Å². The minimum absolute atomic E-state index is 0.496. The number of ether oxygens (including phenoxy) is 3. The van der Waals surface area contributed by atoms with Gasteiger partial charge < -0.3 is 14.2 Å². The first-order valence-corrected chi connectivity index (χ1v) is 4.61. The third-order valence-electron chi connectivity index (χ3n) is 2.08. The van der Waals surface area contributed by atoms with Crippen molar-refractivity contribution < 1.29 is 14.2 Å². The highest BCUT2D eigenvalue weighted by Gasteiger charge is 2.04. The van der Waals surface area contributed by atoms with Gasteiger partial charge in [-0.25, -0.2) is 0 Å². The zero-order valence-electron chi connectivity index (χ0n) is 9.37. The Morgan fingerprint density at radius 1 is 1.07 bits per heavy atom. The molecule has 0 amide bonds. The molecule has 82 valence electrons. The number of rotatable bonds is 5. The van der Waals surface area contributed by atoms with Crippen LogP contribution in [0, 0.1) is 0 Å². The maximum Gasteiger partial charge on any atom is 0.123 e. The van der Waals surface area contributed by atoms with Crippen molar-refractivity contribution in [2.24, 2.45) is 0 Å². The molecule has 1 aromatic carbocycles. The van der Waals surface area contributed by atoms with Gasteiger partial charge in [0.2, 0.25) is 0 Å². The van der Waals surface area contributed by atoms with E-state index in [1.165, 1.54) is 0 Å². The van der Waals surface area contributed by atoms with E-state index in [1.807, 2.05) is 18.2 Å². The van der Waals surface area contributed by atoms with Crippen molar-refractivity contribution in [3.63, 3.8) is 0 Å². The fourth-order valence-electron chi connectivity index (χ4n) is 1.27. The molecule has 1 rings (SSSR count). The molecule has 0 aliphatic carbocycles. The lowest BCUT2D eigenvalue weighted by Crippen LogP contribution is -1.95. The molecule has 0 bridgehead atoms. The van der Waals surface area contributed by atoms with Crippen molar-refractivity contribution in [2.75, 3.05) is 27.9 Å². The van der Waals surface area contributed by atoms with Crippen molar-refractivity contribution in [2.45, 2.75) is 0 Å². The van der Waals surface area contributed by atoms with E-state index in [-0.39, 0.29) is 0 Å². The van der Waals surface area contributed by atoms with E-state index < -0.39 is 0 Å². The first-order chi connectivity index (χ1) is 7.21. The Hall–Kier alpha value is -1.48. The van der Waals surface area contributed by atoms with Gasteiger partial charge in [0.05, 0.1) is 20.8 Å². The van der Waals surface area contributed by atoms with Crippen molar-refractivity contribution >= 4 is 5.57 Å². The second-order valence-corrected chi connectivity index (χ2v) is 3.14. The van der Waals surface area contributed by atoms with Gasteiger partial charge in [-0.3, -0.25) is 0 Å². The Balaban J connectivity index is 3.01. The molecule has 3 nitrogen and oxygen atoms in total. The molecule has 0 heterocycles. The van der Waals surface area contributed by atoms with Crippen LogP contribution < -0.4 is 9.47 Å². The number of hydrogen-bond acceptors (Lipinski definition) is 3. The van der Waals surface area contributed by atoms with Gasteiger partial charge in [0.25, 0.3) is 0 Å². The molecule has 0 fully saturated rings. The molecule has 1 aromatic rings. The second kappa shape index (κ2) is 5.41. The van der Waals surface area contributed by atoms with Crippen LogP contribution in [0.15, 0.2) is 24.8 Å². The molecule has 0 N–H and O–H groups in total. The van der Waals surface area contributed by atoms with Crippen LogP contribution in [-0.2, 0) is 4.74 Å². The fourth-order valence-corrected chi connectivity index (χ4v) is 1.27. The van der Waals surface area contributed by atoms with Crippen LogP contribution in [0.25, 0.3) is 5.57 Å². The molecule has 0 radical (unpaired) electrons. The normalized spacial score (nSPS) is 9.80. The maximum absolute atomic E-state index is 5.16. The third kappa shape index (κ3) is 2.99. The van der Waals surface area contributed by atoms with Crippen LogP contribution in [0.5, 0.6) is 11.5 Å². The highest BCUT2D eigenvalue weighted by Crippen LogP contribution is 2.26. The summed E-state index contributed by atoms with van der Waals surface area (Å²) < 4.78 is 15.4. The van der Waals surface area contributed by atoms with E-state index in [1.54, 1.807) is 21.3 Å². The third-order valence-corrected chi connectivity index (χ3v) is 2.08. The van der Waals surface area contributed by atoms with E-state index in [0.717, 1.165) is 22.6 Å². The highest BCUT2D eigenvalue weighted by atomic mass is 16.5. The Morgan fingerprint density at radius 2 is 1.60 bits per heavy atom. The zero-order chi connectivity index (χ0) is 11.3. The average molecular weight is 208 g/mol. The summed E-state index contributed by atoms with van der Waals surface area (Å²) in [6.45, 7) is 4.43. The molecule has 0 atom stereocenters. The molecule has 0 aromatic heterocycles. The second-order valence-electron chi connectivity index (χ2n) is 3.14. The fraction of sp³-hybridized carbons (Fsp3) is 0.333. The van der Waals surface area contributed by atoms with Gasteiger partial charge in [-0.05, 0) is 23.3 Å². The predicted octanol–water partition coefficient (Wildman–Crippen LogP) is 2.36. The van der Waals surface area contributed by atoms with Crippen molar-refractivity contribution in [1.82, 2.24) is 0 Å². The minimum atomic E-state index is 0.496. The van der Waals surface area contributed by atoms with Crippen LogP contribution in [0.3, 0.4) is 0 Å². The SMILES string of the molecule is C=C(COC)c1cc(OC)cc(OC)c1. The molecule has 3 heteroatoms. The Morgan fingerprint density at radius 3 is 2.00 bits per heavy atom. The Labute approximate surface area is 90.3 Å². The molecule has 0 spiro atoms. The highest BCUT2D eigenvalue weighted by molar-refractivity contribution is 5.67.